The molecule has 0 saturated carbocycles. The summed E-state index contributed by atoms with van der Waals surface area (Å²) < 4.78 is 24.0. The zero-order valence-corrected chi connectivity index (χ0v) is 20.9. The van der Waals surface area contributed by atoms with Crippen molar-refractivity contribution < 1.29 is 33.6 Å². The van der Waals surface area contributed by atoms with Crippen LogP contribution in [0.1, 0.15) is 51.9 Å². The van der Waals surface area contributed by atoms with Crippen molar-refractivity contribution in [1.29, 1.82) is 0 Å². The third-order valence-electron chi connectivity index (χ3n) is 6.48. The van der Waals surface area contributed by atoms with Crippen molar-refractivity contribution in [2.75, 3.05) is 7.11 Å². The minimum atomic E-state index is -0.867. The van der Waals surface area contributed by atoms with Crippen molar-refractivity contribution >= 4 is 45.9 Å². The van der Waals surface area contributed by atoms with Gasteiger partial charge in [0.05, 0.1) is 37.9 Å². The first kappa shape index (κ1) is 25.4. The monoisotopic (exact) mass is 570 g/mol. The highest BCUT2D eigenvalue weighted by atomic mass is 127. The number of methoxy groups -OCH3 is 1. The Labute approximate surface area is 202 Å². The summed E-state index contributed by atoms with van der Waals surface area (Å²) in [5, 5.41) is 10.9. The van der Waals surface area contributed by atoms with Gasteiger partial charge in [-0.2, -0.15) is 0 Å². The number of carbonyl (C=O) groups is 2. The van der Waals surface area contributed by atoms with E-state index in [1.54, 1.807) is 0 Å². The number of esters is 1. The minimum Gasteiger partial charge on any atom is -0.469 e. The van der Waals surface area contributed by atoms with Crippen LogP contribution < -0.4 is 0 Å². The molecule has 7 nitrogen and oxygen atoms in total. The third-order valence-corrected chi connectivity index (χ3v) is 7.30. The summed E-state index contributed by atoms with van der Waals surface area (Å²) in [6.07, 6.45) is 0.384. The molecule has 9 heteroatoms. The number of halogens is 2. The number of rotatable bonds is 9. The van der Waals surface area contributed by atoms with Crippen LogP contribution in [-0.4, -0.2) is 72.1 Å². The standard InChI is InChI=1S/C22H32ClIO7/c1-11(24)8-13(23)4-5-14(25)9-17-12(2)20-22(31-17)19(27)21-16(30-20)7-6-15(29-21)10-18(26)28-3/h12-13,15-17,19-22,27H,1,4-10H2,2-3H3/t12-,13+,15+,16-,17+,19-,20?,21-,22-/m0/s1. The summed E-state index contributed by atoms with van der Waals surface area (Å²) in [4.78, 5) is 24.1. The molecule has 176 valence electrons. The molecule has 1 unspecified atom stereocenters. The van der Waals surface area contributed by atoms with E-state index in [2.05, 4.69) is 29.2 Å². The Morgan fingerprint density at radius 2 is 1.94 bits per heavy atom. The third kappa shape index (κ3) is 6.41. The van der Waals surface area contributed by atoms with E-state index in [9.17, 15) is 14.7 Å². The first-order valence-electron chi connectivity index (χ1n) is 10.9. The quantitative estimate of drug-likeness (QED) is 0.258. The molecular formula is C22H32ClIO7. The number of carbonyl (C=O) groups excluding carboxylic acids is 2. The summed E-state index contributed by atoms with van der Waals surface area (Å²) in [7, 11) is 1.35. The van der Waals surface area contributed by atoms with Gasteiger partial charge in [-0.3, -0.25) is 9.59 Å². The molecule has 0 aromatic rings. The average molecular weight is 571 g/mol. The molecule has 0 spiro atoms. The number of hydrogen-bond donors (Lipinski definition) is 1. The minimum absolute atomic E-state index is 0.0155. The molecule has 3 heterocycles. The Morgan fingerprint density at radius 3 is 2.61 bits per heavy atom. The molecule has 3 saturated heterocycles. The second-order valence-corrected chi connectivity index (χ2v) is 11.0. The number of fused-ring (bicyclic) bond motifs is 2. The predicted octanol–water partition coefficient (Wildman–Crippen LogP) is 3.31. The number of alkyl halides is 1. The van der Waals surface area contributed by atoms with Gasteiger partial charge in [-0.25, -0.2) is 0 Å². The SMILES string of the molecule is C=C(I)C[C@H](Cl)CCC(=O)C[C@H]1O[C@@H]2C(O[C@H]3CC[C@H](CC(=O)OC)O[C@@H]3[C@@H]2O)[C@H]1C. The number of aliphatic hydroxyl groups excluding tert-OH is 1. The van der Waals surface area contributed by atoms with Gasteiger partial charge in [-0.05, 0) is 51.9 Å². The number of ketones is 1. The maximum atomic E-state index is 12.5. The van der Waals surface area contributed by atoms with E-state index < -0.39 is 18.3 Å². The molecule has 0 amide bonds. The summed E-state index contributed by atoms with van der Waals surface area (Å²) >= 11 is 8.41. The Bertz CT molecular complexity index is 674. The molecule has 0 aromatic carbocycles. The lowest BCUT2D eigenvalue weighted by Gasteiger charge is -2.46. The summed E-state index contributed by atoms with van der Waals surface area (Å²) in [6.45, 7) is 5.85. The molecule has 1 N–H and O–H groups in total. The van der Waals surface area contributed by atoms with Crippen LogP contribution in [0.5, 0.6) is 0 Å². The number of allylic oxidation sites excluding steroid dienone is 1. The van der Waals surface area contributed by atoms with E-state index >= 15 is 0 Å². The van der Waals surface area contributed by atoms with E-state index in [-0.39, 0.29) is 60.3 Å². The van der Waals surface area contributed by atoms with Crippen LogP contribution in [0.15, 0.2) is 10.2 Å². The summed E-state index contributed by atoms with van der Waals surface area (Å²) in [5.74, 6) is -0.251. The average Bonchev–Trinajstić information content (AvgIpc) is 3.02. The van der Waals surface area contributed by atoms with Gasteiger partial charge in [-0.1, -0.05) is 13.5 Å². The number of Topliss-reactive ketones (excluding diaryl/α,β-unsaturated/α-hetero) is 1. The van der Waals surface area contributed by atoms with E-state index in [4.69, 9.17) is 30.5 Å². The number of hydrogen-bond acceptors (Lipinski definition) is 7. The van der Waals surface area contributed by atoms with Gasteiger partial charge < -0.3 is 24.1 Å². The van der Waals surface area contributed by atoms with E-state index in [0.29, 0.717) is 32.1 Å². The van der Waals surface area contributed by atoms with Crippen LogP contribution >= 0.6 is 34.2 Å². The Kier molecular flexibility index (Phi) is 9.20. The van der Waals surface area contributed by atoms with Crippen molar-refractivity contribution in [1.82, 2.24) is 0 Å². The second kappa shape index (κ2) is 11.2. The molecule has 3 rings (SSSR count). The molecule has 0 bridgehead atoms. The predicted molar refractivity (Wildman–Crippen MR) is 123 cm³/mol. The normalized spacial score (nSPS) is 38.1. The highest BCUT2D eigenvalue weighted by molar-refractivity contribution is 14.1. The van der Waals surface area contributed by atoms with Gasteiger partial charge in [0.15, 0.2) is 0 Å². The van der Waals surface area contributed by atoms with Crippen molar-refractivity contribution in [2.45, 2.75) is 100.0 Å². The first-order chi connectivity index (χ1) is 14.7. The van der Waals surface area contributed by atoms with Gasteiger partial charge >= 0.3 is 5.97 Å². The van der Waals surface area contributed by atoms with Crippen LogP contribution in [-0.2, 0) is 28.5 Å². The zero-order chi connectivity index (χ0) is 22.7. The largest absolute Gasteiger partial charge is 0.469 e. The lowest BCUT2D eigenvalue weighted by Crippen LogP contribution is -2.60. The van der Waals surface area contributed by atoms with Gasteiger partial charge in [0.25, 0.3) is 0 Å². The van der Waals surface area contributed by atoms with Gasteiger partial charge in [0.2, 0.25) is 0 Å². The van der Waals surface area contributed by atoms with Crippen molar-refractivity contribution in [3.05, 3.63) is 10.2 Å². The van der Waals surface area contributed by atoms with Crippen LogP contribution in [0.25, 0.3) is 0 Å². The zero-order valence-electron chi connectivity index (χ0n) is 18.0. The molecular weight excluding hydrogens is 539 g/mol. The van der Waals surface area contributed by atoms with Crippen LogP contribution in [0.2, 0.25) is 0 Å². The maximum Gasteiger partial charge on any atom is 0.308 e. The highest BCUT2D eigenvalue weighted by Crippen LogP contribution is 2.42. The summed E-state index contributed by atoms with van der Waals surface area (Å²) in [6, 6.07) is 0. The maximum absolute atomic E-state index is 12.5. The molecule has 31 heavy (non-hydrogen) atoms. The Hall–Kier alpha value is -0.260. The van der Waals surface area contributed by atoms with Crippen LogP contribution in [0.4, 0.5) is 0 Å². The lowest BCUT2D eigenvalue weighted by molar-refractivity contribution is -0.257. The molecule has 9 atom stereocenters. The van der Waals surface area contributed by atoms with Gasteiger partial charge in [0, 0.05) is 24.1 Å². The van der Waals surface area contributed by atoms with Crippen molar-refractivity contribution in [3.8, 4) is 0 Å². The molecule has 0 aromatic heterocycles. The smallest absolute Gasteiger partial charge is 0.308 e. The number of ether oxygens (including phenoxy) is 4. The first-order valence-corrected chi connectivity index (χ1v) is 12.4. The highest BCUT2D eigenvalue weighted by Gasteiger charge is 2.56. The van der Waals surface area contributed by atoms with Gasteiger partial charge in [-0.15, -0.1) is 11.6 Å². The Morgan fingerprint density at radius 1 is 1.19 bits per heavy atom. The van der Waals surface area contributed by atoms with E-state index in [0.717, 1.165) is 3.58 Å². The number of aliphatic hydroxyl groups is 1. The lowest BCUT2D eigenvalue weighted by atomic mass is 9.85. The van der Waals surface area contributed by atoms with Gasteiger partial charge in [0.1, 0.15) is 24.1 Å². The van der Waals surface area contributed by atoms with Crippen LogP contribution in [0, 0.1) is 5.92 Å². The molecule has 3 aliphatic heterocycles. The van der Waals surface area contributed by atoms with Crippen LogP contribution in [0.3, 0.4) is 0 Å². The van der Waals surface area contributed by atoms with E-state index in [1.165, 1.54) is 7.11 Å². The fraction of sp³-hybridized carbons (Fsp3) is 0.818. The van der Waals surface area contributed by atoms with Crippen molar-refractivity contribution in [3.63, 3.8) is 0 Å². The molecule has 3 aliphatic rings. The summed E-state index contributed by atoms with van der Waals surface area (Å²) in [5.41, 5.74) is 0. The fourth-order valence-electron chi connectivity index (χ4n) is 4.76. The van der Waals surface area contributed by atoms with E-state index in [1.807, 2.05) is 6.92 Å². The second-order valence-electron chi connectivity index (χ2n) is 8.81. The molecule has 0 radical (unpaired) electrons. The topological polar surface area (TPSA) is 91.3 Å². The molecule has 3 fully saturated rings. The molecule has 0 aliphatic carbocycles. The fourth-order valence-corrected chi connectivity index (χ4v) is 5.84. The Balaban J connectivity index is 1.54. The van der Waals surface area contributed by atoms with Crippen molar-refractivity contribution in [2.24, 2.45) is 5.92 Å².